The molecule has 2 rings (SSSR count). The van der Waals surface area contributed by atoms with Crippen LogP contribution in [0.5, 0.6) is 0 Å². The molecule has 2 heterocycles. The van der Waals surface area contributed by atoms with E-state index in [4.69, 9.17) is 5.73 Å². The number of piperidine rings is 1. The van der Waals surface area contributed by atoms with E-state index in [0.717, 1.165) is 24.5 Å². The van der Waals surface area contributed by atoms with E-state index in [1.807, 2.05) is 0 Å². The molecule has 0 aliphatic carbocycles. The van der Waals surface area contributed by atoms with Crippen molar-refractivity contribution >= 4 is 0 Å². The molecule has 2 aliphatic heterocycles. The maximum absolute atomic E-state index is 5.80. The number of hydrogen-bond donors (Lipinski definition) is 1. The monoisotopic (exact) mass is 211 g/mol. The van der Waals surface area contributed by atoms with Crippen LogP contribution in [0.1, 0.15) is 25.7 Å². The molecule has 2 fully saturated rings. The first-order valence-electron chi connectivity index (χ1n) is 6.31. The summed E-state index contributed by atoms with van der Waals surface area (Å²) in [6.07, 6.45) is 5.52. The lowest BCUT2D eigenvalue weighted by Gasteiger charge is -2.39. The third-order valence-corrected chi connectivity index (χ3v) is 4.12. The molecule has 2 N–H and O–H groups in total. The predicted molar refractivity (Wildman–Crippen MR) is 63.8 cm³/mol. The summed E-state index contributed by atoms with van der Waals surface area (Å²) < 4.78 is 0. The average Bonchev–Trinajstić information content (AvgIpc) is 2.46. The molecule has 0 aromatic heterocycles. The van der Waals surface area contributed by atoms with E-state index < -0.39 is 0 Å². The van der Waals surface area contributed by atoms with Crippen LogP contribution in [0.2, 0.25) is 0 Å². The van der Waals surface area contributed by atoms with Gasteiger partial charge in [-0.3, -0.25) is 4.90 Å². The van der Waals surface area contributed by atoms with Crippen molar-refractivity contribution in [2.75, 3.05) is 33.7 Å². The number of fused-ring (bicyclic) bond motifs is 2. The first kappa shape index (κ1) is 11.4. The highest BCUT2D eigenvalue weighted by atomic mass is 15.2. The van der Waals surface area contributed by atoms with Gasteiger partial charge in [0.15, 0.2) is 0 Å². The van der Waals surface area contributed by atoms with Gasteiger partial charge >= 0.3 is 0 Å². The van der Waals surface area contributed by atoms with E-state index in [0.29, 0.717) is 0 Å². The average molecular weight is 211 g/mol. The molecule has 0 aromatic rings. The van der Waals surface area contributed by atoms with Crippen molar-refractivity contribution < 1.29 is 0 Å². The lowest BCUT2D eigenvalue weighted by molar-refractivity contribution is 0.0984. The van der Waals surface area contributed by atoms with Crippen molar-refractivity contribution in [1.29, 1.82) is 0 Å². The minimum Gasteiger partial charge on any atom is -0.330 e. The molecular weight excluding hydrogens is 186 g/mol. The van der Waals surface area contributed by atoms with Crippen LogP contribution in [-0.2, 0) is 0 Å². The second kappa shape index (κ2) is 4.81. The summed E-state index contributed by atoms with van der Waals surface area (Å²) >= 11 is 0. The predicted octanol–water partition coefficient (Wildman–Crippen LogP) is 0.750. The SMILES string of the molecule is CN(C)CCN1C2CCC1CC(CN)C2. The Labute approximate surface area is 93.6 Å². The van der Waals surface area contributed by atoms with Crippen molar-refractivity contribution in [3.8, 4) is 0 Å². The van der Waals surface area contributed by atoms with Crippen LogP contribution in [-0.4, -0.2) is 55.6 Å². The quantitative estimate of drug-likeness (QED) is 0.745. The third kappa shape index (κ3) is 2.52. The fourth-order valence-electron chi connectivity index (χ4n) is 3.26. The largest absolute Gasteiger partial charge is 0.330 e. The van der Waals surface area contributed by atoms with E-state index in [-0.39, 0.29) is 0 Å². The van der Waals surface area contributed by atoms with Crippen LogP contribution >= 0.6 is 0 Å². The Hall–Kier alpha value is -0.120. The molecular formula is C12H25N3. The van der Waals surface area contributed by atoms with E-state index >= 15 is 0 Å². The van der Waals surface area contributed by atoms with Crippen LogP contribution < -0.4 is 5.73 Å². The maximum Gasteiger partial charge on any atom is 0.0115 e. The Morgan fingerprint density at radius 2 is 1.80 bits per heavy atom. The molecule has 2 bridgehead atoms. The normalized spacial score (nSPS) is 36.4. The Bertz CT molecular complexity index is 191. The second-order valence-electron chi connectivity index (χ2n) is 5.50. The zero-order chi connectivity index (χ0) is 10.8. The smallest absolute Gasteiger partial charge is 0.0115 e. The summed E-state index contributed by atoms with van der Waals surface area (Å²) in [7, 11) is 4.32. The summed E-state index contributed by atoms with van der Waals surface area (Å²) in [6, 6.07) is 1.69. The first-order valence-corrected chi connectivity index (χ1v) is 6.31. The number of likely N-dealkylation sites (N-methyl/N-ethyl adjacent to an activating group) is 1. The van der Waals surface area contributed by atoms with Crippen LogP contribution in [0.15, 0.2) is 0 Å². The van der Waals surface area contributed by atoms with Crippen LogP contribution in [0.3, 0.4) is 0 Å². The first-order chi connectivity index (χ1) is 7.20. The molecule has 88 valence electrons. The Balaban J connectivity index is 1.87. The lowest BCUT2D eigenvalue weighted by atomic mass is 9.91. The van der Waals surface area contributed by atoms with Gasteiger partial charge in [0.25, 0.3) is 0 Å². The van der Waals surface area contributed by atoms with Gasteiger partial charge in [0.2, 0.25) is 0 Å². The highest BCUT2D eigenvalue weighted by Gasteiger charge is 2.39. The molecule has 2 aliphatic rings. The molecule has 2 atom stereocenters. The van der Waals surface area contributed by atoms with E-state index in [2.05, 4.69) is 23.9 Å². The van der Waals surface area contributed by atoms with E-state index in [1.54, 1.807) is 0 Å². The summed E-state index contributed by atoms with van der Waals surface area (Å²) in [5.74, 6) is 0.804. The molecule has 2 unspecified atom stereocenters. The Kier molecular flexibility index (Phi) is 3.65. The van der Waals surface area contributed by atoms with E-state index in [9.17, 15) is 0 Å². The van der Waals surface area contributed by atoms with Crippen molar-refractivity contribution in [2.45, 2.75) is 37.8 Å². The van der Waals surface area contributed by atoms with Crippen LogP contribution in [0.4, 0.5) is 0 Å². The Morgan fingerprint density at radius 1 is 1.20 bits per heavy atom. The molecule has 0 saturated carbocycles. The van der Waals surface area contributed by atoms with Crippen molar-refractivity contribution in [3.63, 3.8) is 0 Å². The van der Waals surface area contributed by atoms with Gasteiger partial charge in [-0.05, 0) is 52.2 Å². The molecule has 3 nitrogen and oxygen atoms in total. The summed E-state index contributed by atoms with van der Waals surface area (Å²) in [6.45, 7) is 3.34. The summed E-state index contributed by atoms with van der Waals surface area (Å²) in [5, 5.41) is 0. The van der Waals surface area contributed by atoms with Gasteiger partial charge in [-0.1, -0.05) is 0 Å². The molecule has 15 heavy (non-hydrogen) atoms. The number of nitrogens with zero attached hydrogens (tertiary/aromatic N) is 2. The highest BCUT2D eigenvalue weighted by Crippen LogP contribution is 2.37. The standard InChI is InChI=1S/C12H25N3/c1-14(2)5-6-15-11-3-4-12(15)8-10(7-11)9-13/h10-12H,3-9,13H2,1-2H3. The third-order valence-electron chi connectivity index (χ3n) is 4.12. The van der Waals surface area contributed by atoms with Crippen molar-refractivity contribution in [1.82, 2.24) is 9.80 Å². The highest BCUT2D eigenvalue weighted by molar-refractivity contribution is 4.95. The van der Waals surface area contributed by atoms with Crippen LogP contribution in [0, 0.1) is 5.92 Å². The fourth-order valence-corrected chi connectivity index (χ4v) is 3.26. The molecule has 0 radical (unpaired) electrons. The van der Waals surface area contributed by atoms with Gasteiger partial charge in [-0.15, -0.1) is 0 Å². The number of hydrogen-bond acceptors (Lipinski definition) is 3. The zero-order valence-electron chi connectivity index (χ0n) is 10.2. The van der Waals surface area contributed by atoms with Gasteiger partial charge < -0.3 is 10.6 Å². The summed E-state index contributed by atoms with van der Waals surface area (Å²) in [5.41, 5.74) is 5.80. The van der Waals surface area contributed by atoms with Crippen molar-refractivity contribution in [3.05, 3.63) is 0 Å². The minimum atomic E-state index is 0.804. The van der Waals surface area contributed by atoms with Crippen molar-refractivity contribution in [2.24, 2.45) is 11.7 Å². The topological polar surface area (TPSA) is 32.5 Å². The van der Waals surface area contributed by atoms with Gasteiger partial charge in [-0.2, -0.15) is 0 Å². The molecule has 3 heteroatoms. The molecule has 2 saturated heterocycles. The van der Waals surface area contributed by atoms with Gasteiger partial charge in [-0.25, -0.2) is 0 Å². The maximum atomic E-state index is 5.80. The summed E-state index contributed by atoms with van der Waals surface area (Å²) in [4.78, 5) is 5.03. The van der Waals surface area contributed by atoms with Gasteiger partial charge in [0.05, 0.1) is 0 Å². The van der Waals surface area contributed by atoms with Crippen LogP contribution in [0.25, 0.3) is 0 Å². The zero-order valence-corrected chi connectivity index (χ0v) is 10.2. The molecule has 0 amide bonds. The number of nitrogens with two attached hydrogens (primary N) is 1. The Morgan fingerprint density at radius 3 is 2.27 bits per heavy atom. The number of rotatable bonds is 4. The lowest BCUT2D eigenvalue weighted by Crippen LogP contribution is -2.46. The van der Waals surface area contributed by atoms with Gasteiger partial charge in [0.1, 0.15) is 0 Å². The second-order valence-corrected chi connectivity index (χ2v) is 5.50. The van der Waals surface area contributed by atoms with Gasteiger partial charge in [0, 0.05) is 25.2 Å². The molecule has 0 spiro atoms. The van der Waals surface area contributed by atoms with E-state index in [1.165, 1.54) is 38.8 Å². The minimum absolute atomic E-state index is 0.804. The molecule has 0 aromatic carbocycles. The fraction of sp³-hybridized carbons (Fsp3) is 1.00.